The van der Waals surface area contributed by atoms with Gasteiger partial charge in [-0.2, -0.15) is 0 Å². The highest BCUT2D eigenvalue weighted by Crippen LogP contribution is 2.31. The van der Waals surface area contributed by atoms with Gasteiger partial charge in [-0.05, 0) is 34.5 Å². The van der Waals surface area contributed by atoms with Crippen molar-refractivity contribution in [1.82, 2.24) is 9.88 Å². The van der Waals surface area contributed by atoms with Crippen molar-refractivity contribution in [2.24, 2.45) is 5.92 Å². The molecule has 1 aliphatic rings. The molecule has 20 heavy (non-hydrogen) atoms. The lowest BCUT2D eigenvalue weighted by Crippen LogP contribution is -2.48. The summed E-state index contributed by atoms with van der Waals surface area (Å²) in [6.07, 6.45) is 1.02. The second-order valence-electron chi connectivity index (χ2n) is 5.18. The fraction of sp³-hybridized carbons (Fsp3) is 0.538. The molecule has 1 fully saturated rings. The van der Waals surface area contributed by atoms with Crippen molar-refractivity contribution in [3.8, 4) is 0 Å². The third kappa shape index (κ3) is 3.73. The van der Waals surface area contributed by atoms with Crippen molar-refractivity contribution in [3.63, 3.8) is 0 Å². The predicted octanol–water partition coefficient (Wildman–Crippen LogP) is 2.69. The van der Waals surface area contributed by atoms with E-state index in [0.29, 0.717) is 5.69 Å². The topological polar surface area (TPSA) is 53.4 Å². The van der Waals surface area contributed by atoms with E-state index < -0.39 is 30.8 Å². The van der Waals surface area contributed by atoms with Crippen molar-refractivity contribution >= 4 is 21.9 Å². The van der Waals surface area contributed by atoms with Crippen molar-refractivity contribution in [2.45, 2.75) is 25.8 Å². The highest BCUT2D eigenvalue weighted by atomic mass is 79.9. The van der Waals surface area contributed by atoms with Gasteiger partial charge in [-0.1, -0.05) is 0 Å². The number of alkyl halides is 2. The van der Waals surface area contributed by atoms with E-state index in [1.807, 2.05) is 13.0 Å². The van der Waals surface area contributed by atoms with Crippen LogP contribution in [-0.2, 0) is 11.3 Å². The molecule has 1 N–H and O–H groups in total. The molecule has 0 spiro atoms. The molecule has 1 aromatic heterocycles. The quantitative estimate of drug-likeness (QED) is 0.912. The molecule has 0 aromatic carbocycles. The molecule has 0 aliphatic carbocycles. The van der Waals surface area contributed by atoms with Gasteiger partial charge in [-0.25, -0.2) is 8.78 Å². The van der Waals surface area contributed by atoms with E-state index in [2.05, 4.69) is 20.9 Å². The molecule has 0 amide bonds. The first kappa shape index (κ1) is 15.3. The van der Waals surface area contributed by atoms with Gasteiger partial charge in [-0.3, -0.25) is 14.7 Å². The summed E-state index contributed by atoms with van der Waals surface area (Å²) in [4.78, 5) is 16.6. The van der Waals surface area contributed by atoms with E-state index in [4.69, 9.17) is 5.11 Å². The Balaban J connectivity index is 2.13. The van der Waals surface area contributed by atoms with Crippen LogP contribution in [0.5, 0.6) is 0 Å². The number of pyridine rings is 1. The van der Waals surface area contributed by atoms with Gasteiger partial charge >= 0.3 is 5.97 Å². The van der Waals surface area contributed by atoms with E-state index in [1.165, 1.54) is 4.90 Å². The Morgan fingerprint density at radius 1 is 1.65 bits per heavy atom. The minimum atomic E-state index is -2.97. The average Bonchev–Trinajstić information content (AvgIpc) is 2.30. The maximum absolute atomic E-state index is 13.6. The van der Waals surface area contributed by atoms with Crippen LogP contribution in [0.3, 0.4) is 0 Å². The normalized spacial score (nSPS) is 22.7. The standard InChI is InChI=1S/C13H15BrF2N2O2/c1-8-2-10(14)4-17-11(8)6-18-5-9(12(19)20)3-13(15,16)7-18/h2,4,9H,3,5-7H2,1H3,(H,19,20). The van der Waals surface area contributed by atoms with E-state index in [1.54, 1.807) is 6.20 Å². The number of piperidine rings is 1. The van der Waals surface area contributed by atoms with Crippen LogP contribution in [0.15, 0.2) is 16.7 Å². The Bertz CT molecular complexity index is 525. The van der Waals surface area contributed by atoms with Crippen molar-refractivity contribution in [1.29, 1.82) is 0 Å². The lowest BCUT2D eigenvalue weighted by atomic mass is 9.95. The molecular formula is C13H15BrF2N2O2. The number of rotatable bonds is 3. The van der Waals surface area contributed by atoms with Gasteiger partial charge in [0.15, 0.2) is 0 Å². The number of aromatic nitrogens is 1. The lowest BCUT2D eigenvalue weighted by molar-refractivity contribution is -0.153. The van der Waals surface area contributed by atoms with Crippen LogP contribution in [0.4, 0.5) is 8.78 Å². The number of nitrogens with zero attached hydrogens (tertiary/aromatic N) is 2. The summed E-state index contributed by atoms with van der Waals surface area (Å²) in [6.45, 7) is 1.79. The molecule has 0 saturated carbocycles. The van der Waals surface area contributed by atoms with Crippen LogP contribution in [-0.4, -0.2) is 40.0 Å². The minimum absolute atomic E-state index is 0.127. The number of carboxylic acid groups (broad SMARTS) is 1. The SMILES string of the molecule is Cc1cc(Br)cnc1CN1CC(C(=O)O)CC(F)(F)C1. The zero-order valence-electron chi connectivity index (χ0n) is 10.9. The smallest absolute Gasteiger partial charge is 0.308 e. The zero-order valence-corrected chi connectivity index (χ0v) is 12.5. The molecule has 110 valence electrons. The van der Waals surface area contributed by atoms with Crippen LogP contribution in [0, 0.1) is 12.8 Å². The summed E-state index contributed by atoms with van der Waals surface area (Å²) in [7, 11) is 0. The average molecular weight is 349 g/mol. The van der Waals surface area contributed by atoms with Crippen molar-refractivity contribution in [2.75, 3.05) is 13.1 Å². The molecule has 2 heterocycles. The molecule has 4 nitrogen and oxygen atoms in total. The third-order valence-electron chi connectivity index (χ3n) is 3.35. The molecule has 0 bridgehead atoms. The van der Waals surface area contributed by atoms with Crippen LogP contribution < -0.4 is 0 Å². The summed E-state index contributed by atoms with van der Waals surface area (Å²) >= 11 is 3.29. The Kier molecular flexibility index (Phi) is 4.39. The Labute approximate surface area is 123 Å². The van der Waals surface area contributed by atoms with Crippen LogP contribution in [0.1, 0.15) is 17.7 Å². The number of aliphatic carboxylic acids is 1. The molecule has 1 saturated heterocycles. The fourth-order valence-electron chi connectivity index (χ4n) is 2.42. The van der Waals surface area contributed by atoms with Crippen molar-refractivity contribution < 1.29 is 18.7 Å². The Hall–Kier alpha value is -1.08. The number of hydrogen-bond acceptors (Lipinski definition) is 3. The first-order chi connectivity index (χ1) is 9.27. The number of carbonyl (C=O) groups is 1. The van der Waals surface area contributed by atoms with Gasteiger partial charge in [0.1, 0.15) is 0 Å². The number of hydrogen-bond donors (Lipinski definition) is 1. The van der Waals surface area contributed by atoms with Crippen LogP contribution in [0.2, 0.25) is 0 Å². The minimum Gasteiger partial charge on any atom is -0.481 e. The Morgan fingerprint density at radius 3 is 2.95 bits per heavy atom. The number of halogens is 3. The van der Waals surface area contributed by atoms with Crippen LogP contribution in [0.25, 0.3) is 0 Å². The van der Waals surface area contributed by atoms with Gasteiger partial charge in [0, 0.05) is 30.2 Å². The van der Waals surface area contributed by atoms with Gasteiger partial charge in [-0.15, -0.1) is 0 Å². The van der Waals surface area contributed by atoms with Crippen LogP contribution >= 0.6 is 15.9 Å². The van der Waals surface area contributed by atoms with E-state index in [0.717, 1.165) is 10.0 Å². The Morgan fingerprint density at radius 2 is 2.35 bits per heavy atom. The van der Waals surface area contributed by atoms with Crippen molar-refractivity contribution in [3.05, 3.63) is 28.0 Å². The highest BCUT2D eigenvalue weighted by Gasteiger charge is 2.43. The summed E-state index contributed by atoms with van der Waals surface area (Å²) in [5, 5.41) is 8.96. The zero-order chi connectivity index (χ0) is 14.9. The molecule has 1 aromatic rings. The largest absolute Gasteiger partial charge is 0.481 e. The second kappa shape index (κ2) is 5.73. The van der Waals surface area contributed by atoms with Gasteiger partial charge < -0.3 is 5.11 Å². The molecule has 1 atom stereocenters. The van der Waals surface area contributed by atoms with Gasteiger partial charge in [0.05, 0.1) is 18.2 Å². The first-order valence-electron chi connectivity index (χ1n) is 6.21. The van der Waals surface area contributed by atoms with Gasteiger partial charge in [0.2, 0.25) is 0 Å². The lowest BCUT2D eigenvalue weighted by Gasteiger charge is -2.35. The maximum atomic E-state index is 13.6. The highest BCUT2D eigenvalue weighted by molar-refractivity contribution is 9.10. The first-order valence-corrected chi connectivity index (χ1v) is 7.00. The summed E-state index contributed by atoms with van der Waals surface area (Å²) in [5.74, 6) is -5.17. The summed E-state index contributed by atoms with van der Waals surface area (Å²) in [6, 6.07) is 1.86. The summed E-state index contributed by atoms with van der Waals surface area (Å²) < 4.78 is 28.0. The molecule has 7 heteroatoms. The predicted molar refractivity (Wildman–Crippen MR) is 72.6 cm³/mol. The number of likely N-dealkylation sites (tertiary alicyclic amines) is 1. The van der Waals surface area contributed by atoms with E-state index >= 15 is 0 Å². The maximum Gasteiger partial charge on any atom is 0.308 e. The molecule has 0 radical (unpaired) electrons. The number of aryl methyl sites for hydroxylation is 1. The second-order valence-corrected chi connectivity index (χ2v) is 6.10. The molecule has 1 unspecified atom stereocenters. The summed E-state index contributed by atoms with van der Waals surface area (Å²) in [5.41, 5.74) is 1.58. The number of carboxylic acids is 1. The molecular weight excluding hydrogens is 334 g/mol. The molecule has 2 rings (SSSR count). The fourth-order valence-corrected chi connectivity index (χ4v) is 2.87. The molecule has 1 aliphatic heterocycles. The monoisotopic (exact) mass is 348 g/mol. The van der Waals surface area contributed by atoms with Gasteiger partial charge in [0.25, 0.3) is 5.92 Å². The van der Waals surface area contributed by atoms with E-state index in [9.17, 15) is 13.6 Å². The van der Waals surface area contributed by atoms with E-state index in [-0.39, 0.29) is 13.1 Å². The third-order valence-corrected chi connectivity index (χ3v) is 3.79.